The van der Waals surface area contributed by atoms with Gasteiger partial charge in [-0.15, -0.1) is 0 Å². The van der Waals surface area contributed by atoms with E-state index in [1.807, 2.05) is 18.2 Å². The molecule has 22 heavy (non-hydrogen) atoms. The number of ether oxygens (including phenoxy) is 1. The summed E-state index contributed by atoms with van der Waals surface area (Å²) < 4.78 is 5.78. The number of aliphatic carboxylic acids is 1. The summed E-state index contributed by atoms with van der Waals surface area (Å²) in [6, 6.07) is 13.3. The normalized spacial score (nSPS) is 9.86. The Morgan fingerprint density at radius 1 is 1.05 bits per heavy atom. The lowest BCUT2D eigenvalue weighted by molar-refractivity contribution is -0.139. The number of carbonyl (C=O) groups is 2. The van der Waals surface area contributed by atoms with Crippen molar-refractivity contribution in [1.82, 2.24) is 0 Å². The van der Waals surface area contributed by atoms with Gasteiger partial charge in [0.2, 0.25) is 0 Å². The second-order valence-corrected chi connectivity index (χ2v) is 5.12. The van der Waals surface area contributed by atoms with Gasteiger partial charge in [0, 0.05) is 10.2 Å². The van der Waals surface area contributed by atoms with Gasteiger partial charge in [0.1, 0.15) is 5.75 Å². The van der Waals surface area contributed by atoms with Crippen LogP contribution >= 0.6 is 15.9 Å². The van der Waals surface area contributed by atoms with Crippen molar-refractivity contribution in [3.05, 3.63) is 53.0 Å². The van der Waals surface area contributed by atoms with E-state index >= 15 is 0 Å². The topological polar surface area (TPSA) is 87.7 Å². The van der Waals surface area contributed by atoms with Gasteiger partial charge in [-0.1, -0.05) is 12.1 Å². The van der Waals surface area contributed by atoms with Crippen LogP contribution in [0.5, 0.6) is 5.75 Å². The highest BCUT2D eigenvalue weighted by Gasteiger charge is 2.05. The van der Waals surface area contributed by atoms with Crippen molar-refractivity contribution in [3.8, 4) is 5.75 Å². The second kappa shape index (κ2) is 7.46. The van der Waals surface area contributed by atoms with E-state index in [1.54, 1.807) is 30.3 Å². The largest absolute Gasteiger partial charge is 0.482 e. The smallest absolute Gasteiger partial charge is 0.341 e. The van der Waals surface area contributed by atoms with Crippen LogP contribution in [0.25, 0.3) is 0 Å². The van der Waals surface area contributed by atoms with Crippen molar-refractivity contribution in [3.63, 3.8) is 0 Å². The van der Waals surface area contributed by atoms with E-state index in [0.717, 1.165) is 4.47 Å². The average molecular weight is 365 g/mol. The minimum absolute atomic E-state index is 0.383. The number of hydrogen-bond donors (Lipinski definition) is 3. The third kappa shape index (κ3) is 4.78. The van der Waals surface area contributed by atoms with Gasteiger partial charge in [-0.25, -0.2) is 9.59 Å². The number of amides is 2. The van der Waals surface area contributed by atoms with Gasteiger partial charge in [0.15, 0.2) is 6.61 Å². The van der Waals surface area contributed by atoms with Crippen molar-refractivity contribution in [2.24, 2.45) is 0 Å². The number of nitrogens with one attached hydrogen (secondary N) is 2. The maximum Gasteiger partial charge on any atom is 0.341 e. The molecule has 0 fully saturated rings. The third-order valence-electron chi connectivity index (χ3n) is 2.60. The van der Waals surface area contributed by atoms with Crippen LogP contribution in [0.15, 0.2) is 53.0 Å². The standard InChI is InChI=1S/C15H13BrN2O4/c16-12-3-1-2-4-13(12)18-15(21)17-10-5-7-11(8-6-10)22-9-14(19)20/h1-8H,9H2,(H,19,20)(H2,17,18,21). The Morgan fingerprint density at radius 3 is 2.36 bits per heavy atom. The van der Waals surface area contributed by atoms with Gasteiger partial charge in [0.25, 0.3) is 0 Å². The number of carboxylic acids is 1. The fourth-order valence-corrected chi connectivity index (χ4v) is 2.01. The number of carbonyl (C=O) groups excluding carboxylic acids is 1. The lowest BCUT2D eigenvalue weighted by Crippen LogP contribution is -2.19. The van der Waals surface area contributed by atoms with E-state index in [2.05, 4.69) is 26.6 Å². The van der Waals surface area contributed by atoms with Crippen LogP contribution in [-0.4, -0.2) is 23.7 Å². The SMILES string of the molecule is O=C(O)COc1ccc(NC(=O)Nc2ccccc2Br)cc1. The molecule has 0 heterocycles. The predicted octanol–water partition coefficient (Wildman–Crippen LogP) is 3.56. The van der Waals surface area contributed by atoms with Gasteiger partial charge < -0.3 is 20.5 Å². The first-order chi connectivity index (χ1) is 10.5. The maximum atomic E-state index is 11.9. The molecule has 2 aromatic carbocycles. The summed E-state index contributed by atoms with van der Waals surface area (Å²) in [6.07, 6.45) is 0. The quantitative estimate of drug-likeness (QED) is 0.756. The Kier molecular flexibility index (Phi) is 5.37. The summed E-state index contributed by atoms with van der Waals surface area (Å²) >= 11 is 3.34. The molecule has 0 aliphatic heterocycles. The van der Waals surface area contributed by atoms with E-state index in [4.69, 9.17) is 9.84 Å². The molecule has 2 aromatic rings. The minimum atomic E-state index is -1.05. The highest BCUT2D eigenvalue weighted by Crippen LogP contribution is 2.21. The Hall–Kier alpha value is -2.54. The number of rotatable bonds is 5. The van der Waals surface area contributed by atoms with Gasteiger partial charge in [0.05, 0.1) is 5.69 Å². The maximum absolute atomic E-state index is 11.9. The molecule has 7 heteroatoms. The molecule has 114 valence electrons. The zero-order valence-electron chi connectivity index (χ0n) is 11.4. The van der Waals surface area contributed by atoms with Crippen molar-refractivity contribution in [2.75, 3.05) is 17.2 Å². The molecule has 0 spiro atoms. The third-order valence-corrected chi connectivity index (χ3v) is 3.29. The summed E-state index contributed by atoms with van der Waals surface area (Å²) in [5, 5.41) is 13.9. The van der Waals surface area contributed by atoms with Crippen molar-refractivity contribution >= 4 is 39.3 Å². The molecular weight excluding hydrogens is 352 g/mol. The summed E-state index contributed by atoms with van der Waals surface area (Å²) in [5.74, 6) is -0.630. The minimum Gasteiger partial charge on any atom is -0.482 e. The fourth-order valence-electron chi connectivity index (χ4n) is 1.63. The highest BCUT2D eigenvalue weighted by atomic mass is 79.9. The average Bonchev–Trinajstić information content (AvgIpc) is 2.49. The van der Waals surface area contributed by atoms with Crippen LogP contribution in [0.1, 0.15) is 0 Å². The number of carboxylic acid groups (broad SMARTS) is 1. The number of benzene rings is 2. The Morgan fingerprint density at radius 2 is 1.73 bits per heavy atom. The van der Waals surface area contributed by atoms with Gasteiger partial charge in [-0.2, -0.15) is 0 Å². The van der Waals surface area contributed by atoms with Crippen LogP contribution in [0.2, 0.25) is 0 Å². The molecule has 3 N–H and O–H groups in total. The first-order valence-electron chi connectivity index (χ1n) is 6.32. The molecule has 2 amide bonds. The van der Waals surface area contributed by atoms with Crippen LogP contribution in [0.3, 0.4) is 0 Å². The van der Waals surface area contributed by atoms with Gasteiger partial charge in [-0.3, -0.25) is 0 Å². The van der Waals surface area contributed by atoms with E-state index in [-0.39, 0.29) is 6.03 Å². The van der Waals surface area contributed by atoms with E-state index < -0.39 is 12.6 Å². The van der Waals surface area contributed by atoms with E-state index in [0.29, 0.717) is 17.1 Å². The molecule has 0 aliphatic carbocycles. The van der Waals surface area contributed by atoms with Crippen molar-refractivity contribution in [2.45, 2.75) is 0 Å². The molecule has 0 aliphatic rings. The number of hydrogen-bond acceptors (Lipinski definition) is 3. The molecule has 6 nitrogen and oxygen atoms in total. The molecule has 0 saturated carbocycles. The molecule has 0 aromatic heterocycles. The molecule has 0 radical (unpaired) electrons. The molecule has 2 rings (SSSR count). The zero-order valence-corrected chi connectivity index (χ0v) is 13.0. The first kappa shape index (κ1) is 15.8. The first-order valence-corrected chi connectivity index (χ1v) is 7.11. The zero-order chi connectivity index (χ0) is 15.9. The Balaban J connectivity index is 1.91. The van der Waals surface area contributed by atoms with Crippen LogP contribution in [0, 0.1) is 0 Å². The summed E-state index contributed by atoms with van der Waals surface area (Å²) in [4.78, 5) is 22.3. The molecular formula is C15H13BrN2O4. The lowest BCUT2D eigenvalue weighted by atomic mass is 10.3. The predicted molar refractivity (Wildman–Crippen MR) is 86.4 cm³/mol. The van der Waals surface area contributed by atoms with E-state index in [1.165, 1.54) is 0 Å². The van der Waals surface area contributed by atoms with Gasteiger partial charge in [-0.05, 0) is 52.3 Å². The monoisotopic (exact) mass is 364 g/mol. The van der Waals surface area contributed by atoms with Crippen LogP contribution in [-0.2, 0) is 4.79 Å². The van der Waals surface area contributed by atoms with E-state index in [9.17, 15) is 9.59 Å². The summed E-state index contributed by atoms with van der Waals surface area (Å²) in [6.45, 7) is -0.407. The molecule has 0 bridgehead atoms. The molecule has 0 saturated heterocycles. The lowest BCUT2D eigenvalue weighted by Gasteiger charge is -2.09. The Bertz CT molecular complexity index is 673. The molecule has 0 unspecified atom stereocenters. The summed E-state index contributed by atoms with van der Waals surface area (Å²) in [7, 11) is 0. The van der Waals surface area contributed by atoms with Crippen LogP contribution < -0.4 is 15.4 Å². The van der Waals surface area contributed by atoms with Crippen molar-refractivity contribution < 1.29 is 19.4 Å². The molecule has 0 atom stereocenters. The number of para-hydroxylation sites is 1. The highest BCUT2D eigenvalue weighted by molar-refractivity contribution is 9.10. The van der Waals surface area contributed by atoms with Gasteiger partial charge >= 0.3 is 12.0 Å². The number of halogens is 1. The fraction of sp³-hybridized carbons (Fsp3) is 0.0667. The van der Waals surface area contributed by atoms with Crippen LogP contribution in [0.4, 0.5) is 16.2 Å². The number of anilines is 2. The second-order valence-electron chi connectivity index (χ2n) is 4.27. The van der Waals surface area contributed by atoms with Crippen molar-refractivity contribution in [1.29, 1.82) is 0 Å². The Labute approximate surface area is 135 Å². The summed E-state index contributed by atoms with van der Waals surface area (Å²) in [5.41, 5.74) is 1.22. The number of urea groups is 1.